The molecule has 3 atom stereocenters. The number of nitrogens with zero attached hydrogens (tertiary/aromatic N) is 1. The maximum absolute atomic E-state index is 7.02. The zero-order valence-corrected chi connectivity index (χ0v) is 27.3. The molecule has 3 N–H and O–H groups in total. The standard InChI is InChI=1S/C45H34N4O/c1-5-15-29(16-6-1)36-28-37(48-45(47-36)31-19-9-3-10-20-31)32-25-26-34-38(27-32)46-41(30-17-7-2-8-18-30)40-42-44(50-43(34)40)35-23-13-14-24-39(35)49(42)33-21-11-4-12-22-33/h1-28,36,41,45-48H. The Labute approximate surface area is 290 Å². The fourth-order valence-corrected chi connectivity index (χ4v) is 7.78. The zero-order chi connectivity index (χ0) is 33.0. The Morgan fingerprint density at radius 3 is 1.96 bits per heavy atom. The SMILES string of the molecule is C1=C(c2ccc3c(c2)NC(c2ccccc2)c2c-3oc3c4ccccc4n(-c4ccccc4)c23)NC(c2ccccc2)NC1c1ccccc1. The molecule has 6 aromatic carbocycles. The van der Waals surface area contributed by atoms with Gasteiger partial charge in [0.2, 0.25) is 0 Å². The Kier molecular flexibility index (Phi) is 6.71. The fraction of sp³-hybridized carbons (Fsp3) is 0.0667. The van der Waals surface area contributed by atoms with E-state index in [-0.39, 0.29) is 18.2 Å². The number of benzene rings is 6. The number of anilines is 1. The minimum absolute atomic E-state index is 0.0439. The highest BCUT2D eigenvalue weighted by Gasteiger charge is 2.35. The molecule has 0 aliphatic carbocycles. The first-order chi connectivity index (χ1) is 24.8. The second-order valence-electron chi connectivity index (χ2n) is 13.1. The van der Waals surface area contributed by atoms with E-state index < -0.39 is 0 Å². The summed E-state index contributed by atoms with van der Waals surface area (Å²) in [4.78, 5) is 0. The van der Waals surface area contributed by atoms with Crippen LogP contribution in [-0.4, -0.2) is 4.57 Å². The van der Waals surface area contributed by atoms with Gasteiger partial charge >= 0.3 is 0 Å². The molecule has 240 valence electrons. The van der Waals surface area contributed by atoms with Crippen LogP contribution in [0, 0.1) is 0 Å². The Balaban J connectivity index is 1.16. The van der Waals surface area contributed by atoms with Crippen LogP contribution in [0.4, 0.5) is 5.69 Å². The second kappa shape index (κ2) is 11.7. The largest absolute Gasteiger partial charge is 0.453 e. The predicted octanol–water partition coefficient (Wildman–Crippen LogP) is 10.5. The summed E-state index contributed by atoms with van der Waals surface area (Å²) in [6.07, 6.45) is 2.25. The van der Waals surface area contributed by atoms with E-state index in [0.29, 0.717) is 0 Å². The van der Waals surface area contributed by atoms with Crippen LogP contribution in [-0.2, 0) is 0 Å². The number of rotatable bonds is 5. The van der Waals surface area contributed by atoms with Crippen LogP contribution in [0.1, 0.15) is 46.1 Å². The van der Waals surface area contributed by atoms with E-state index in [1.54, 1.807) is 0 Å². The number of para-hydroxylation sites is 2. The molecule has 5 nitrogen and oxygen atoms in total. The summed E-state index contributed by atoms with van der Waals surface area (Å²) in [5.41, 5.74) is 13.3. The van der Waals surface area contributed by atoms with E-state index in [2.05, 4.69) is 190 Å². The Bertz CT molecular complexity index is 2520. The van der Waals surface area contributed by atoms with Gasteiger partial charge in [-0.25, -0.2) is 0 Å². The van der Waals surface area contributed by atoms with Crippen molar-refractivity contribution in [3.8, 4) is 17.0 Å². The van der Waals surface area contributed by atoms with E-state index >= 15 is 0 Å². The average Bonchev–Trinajstić information content (AvgIpc) is 3.74. The molecule has 2 aliphatic rings. The van der Waals surface area contributed by atoms with Crippen LogP contribution in [0.25, 0.3) is 44.7 Å². The molecule has 0 fully saturated rings. The lowest BCUT2D eigenvalue weighted by Gasteiger charge is -2.34. The number of fused-ring (bicyclic) bond motifs is 7. The lowest BCUT2D eigenvalue weighted by atomic mass is 9.89. The van der Waals surface area contributed by atoms with Crippen LogP contribution in [0.15, 0.2) is 174 Å². The molecule has 5 heteroatoms. The average molecular weight is 647 g/mol. The van der Waals surface area contributed by atoms with Crippen molar-refractivity contribution in [2.45, 2.75) is 18.2 Å². The van der Waals surface area contributed by atoms with Crippen LogP contribution in [0.2, 0.25) is 0 Å². The van der Waals surface area contributed by atoms with Crippen molar-refractivity contribution in [3.05, 3.63) is 198 Å². The third-order valence-electron chi connectivity index (χ3n) is 10.1. The van der Waals surface area contributed by atoms with E-state index in [9.17, 15) is 0 Å². The maximum Gasteiger partial charge on any atom is 0.161 e. The zero-order valence-electron chi connectivity index (χ0n) is 27.3. The summed E-state index contributed by atoms with van der Waals surface area (Å²) < 4.78 is 9.38. The van der Waals surface area contributed by atoms with Crippen molar-refractivity contribution in [2.75, 3.05) is 5.32 Å². The third-order valence-corrected chi connectivity index (χ3v) is 10.1. The topological polar surface area (TPSA) is 54.2 Å². The van der Waals surface area contributed by atoms with E-state index in [4.69, 9.17) is 4.42 Å². The number of aromatic nitrogens is 1. The molecule has 50 heavy (non-hydrogen) atoms. The predicted molar refractivity (Wildman–Crippen MR) is 203 cm³/mol. The molecule has 0 radical (unpaired) electrons. The van der Waals surface area contributed by atoms with Gasteiger partial charge in [-0.3, -0.25) is 5.32 Å². The van der Waals surface area contributed by atoms with Gasteiger partial charge in [0.05, 0.1) is 28.7 Å². The highest BCUT2D eigenvalue weighted by molar-refractivity contribution is 6.10. The summed E-state index contributed by atoms with van der Waals surface area (Å²) in [7, 11) is 0. The number of hydrogen-bond donors (Lipinski definition) is 3. The number of hydrogen-bond acceptors (Lipinski definition) is 4. The van der Waals surface area contributed by atoms with Crippen molar-refractivity contribution in [1.82, 2.24) is 15.2 Å². The van der Waals surface area contributed by atoms with Gasteiger partial charge in [-0.2, -0.15) is 0 Å². The van der Waals surface area contributed by atoms with Gasteiger partial charge < -0.3 is 19.6 Å². The number of nitrogens with one attached hydrogen (secondary N) is 3. The lowest BCUT2D eigenvalue weighted by molar-refractivity contribution is 0.442. The highest BCUT2D eigenvalue weighted by Crippen LogP contribution is 2.51. The van der Waals surface area contributed by atoms with Gasteiger partial charge in [0.1, 0.15) is 11.9 Å². The summed E-state index contributed by atoms with van der Waals surface area (Å²) >= 11 is 0. The smallest absolute Gasteiger partial charge is 0.161 e. The van der Waals surface area contributed by atoms with Crippen LogP contribution >= 0.6 is 0 Å². The first-order valence-electron chi connectivity index (χ1n) is 17.2. The Morgan fingerprint density at radius 1 is 0.580 bits per heavy atom. The van der Waals surface area contributed by atoms with Gasteiger partial charge in [0, 0.05) is 28.0 Å². The minimum atomic E-state index is -0.119. The first-order valence-corrected chi connectivity index (χ1v) is 17.2. The maximum atomic E-state index is 7.02. The van der Waals surface area contributed by atoms with Gasteiger partial charge in [-0.1, -0.05) is 127 Å². The summed E-state index contributed by atoms with van der Waals surface area (Å²) in [6, 6.07) is 57.7. The van der Waals surface area contributed by atoms with Crippen molar-refractivity contribution in [1.29, 1.82) is 0 Å². The summed E-state index contributed by atoms with van der Waals surface area (Å²) in [5.74, 6) is 0.913. The molecule has 10 rings (SSSR count). The molecular formula is C45H34N4O. The number of furan rings is 1. The monoisotopic (exact) mass is 646 g/mol. The fourth-order valence-electron chi connectivity index (χ4n) is 7.78. The van der Waals surface area contributed by atoms with Gasteiger partial charge in [0.25, 0.3) is 0 Å². The van der Waals surface area contributed by atoms with Crippen molar-refractivity contribution >= 4 is 33.4 Å². The molecule has 0 saturated heterocycles. The van der Waals surface area contributed by atoms with Gasteiger partial charge in [0.15, 0.2) is 5.58 Å². The molecule has 2 aliphatic heterocycles. The van der Waals surface area contributed by atoms with Gasteiger partial charge in [-0.15, -0.1) is 0 Å². The molecule has 0 bridgehead atoms. The minimum Gasteiger partial charge on any atom is -0.453 e. The third kappa shape index (κ3) is 4.66. The van der Waals surface area contributed by atoms with Crippen LogP contribution < -0.4 is 16.0 Å². The molecular weight excluding hydrogens is 613 g/mol. The van der Waals surface area contributed by atoms with E-state index in [1.807, 2.05) is 0 Å². The summed E-state index contributed by atoms with van der Waals surface area (Å²) in [6.45, 7) is 0. The normalized spacial score (nSPS) is 18.2. The molecule has 3 unspecified atom stereocenters. The van der Waals surface area contributed by atoms with Crippen molar-refractivity contribution in [3.63, 3.8) is 0 Å². The van der Waals surface area contributed by atoms with Crippen molar-refractivity contribution in [2.24, 2.45) is 0 Å². The summed E-state index contributed by atoms with van der Waals surface area (Å²) in [5, 5.41) is 12.7. The van der Waals surface area contributed by atoms with E-state index in [1.165, 1.54) is 16.7 Å². The van der Waals surface area contributed by atoms with Crippen molar-refractivity contribution < 1.29 is 4.42 Å². The molecule has 0 amide bonds. The van der Waals surface area contributed by atoms with Crippen LogP contribution in [0.5, 0.6) is 0 Å². The Hall–Kier alpha value is -6.30. The molecule has 0 spiro atoms. The van der Waals surface area contributed by atoms with Crippen LogP contribution in [0.3, 0.4) is 0 Å². The lowest BCUT2D eigenvalue weighted by Crippen LogP contribution is -2.39. The van der Waals surface area contributed by atoms with Gasteiger partial charge in [-0.05, 0) is 64.7 Å². The molecule has 8 aromatic rings. The van der Waals surface area contributed by atoms with E-state index in [0.717, 1.165) is 61.5 Å². The molecule has 4 heterocycles. The molecule has 0 saturated carbocycles. The molecule has 2 aromatic heterocycles. The first kappa shape index (κ1) is 28.7. The quantitative estimate of drug-likeness (QED) is 0.174. The Morgan fingerprint density at radius 2 is 1.22 bits per heavy atom. The second-order valence-corrected chi connectivity index (χ2v) is 13.1. The highest BCUT2D eigenvalue weighted by atomic mass is 16.3.